The van der Waals surface area contributed by atoms with E-state index in [0.29, 0.717) is 12.8 Å². The quantitative estimate of drug-likeness (QED) is 0.491. The van der Waals surface area contributed by atoms with Crippen LogP contribution in [0.15, 0.2) is 12.2 Å². The molecule has 0 unspecified atom stereocenters. The zero-order valence-electron chi connectivity index (χ0n) is 9.41. The molecule has 0 nitrogen and oxygen atoms in total. The van der Waals surface area contributed by atoms with Crippen LogP contribution in [0.4, 0.5) is 8.78 Å². The van der Waals surface area contributed by atoms with E-state index in [2.05, 4.69) is 13.5 Å². The Morgan fingerprint density at radius 1 is 1.07 bits per heavy atom. The Morgan fingerprint density at radius 3 is 2.21 bits per heavy atom. The van der Waals surface area contributed by atoms with Crippen LogP contribution < -0.4 is 0 Å². The standard InChI is InChI=1S/C12H22F2/c1-4-6-7-11(3)8-10-12(13,14)9-5-2/h3-10H2,1-2H3. The average molecular weight is 204 g/mol. The van der Waals surface area contributed by atoms with Gasteiger partial charge in [0.25, 0.3) is 0 Å². The number of alkyl halides is 2. The van der Waals surface area contributed by atoms with Crippen molar-refractivity contribution in [1.82, 2.24) is 0 Å². The highest BCUT2D eigenvalue weighted by Gasteiger charge is 2.26. The molecule has 0 rings (SSSR count). The maximum atomic E-state index is 13.1. The van der Waals surface area contributed by atoms with E-state index >= 15 is 0 Å². The molecule has 0 aliphatic heterocycles. The highest BCUT2D eigenvalue weighted by molar-refractivity contribution is 4.94. The first-order chi connectivity index (χ1) is 6.52. The molecular formula is C12H22F2. The molecule has 0 aromatic heterocycles. The van der Waals surface area contributed by atoms with Gasteiger partial charge in [-0.3, -0.25) is 0 Å². The molecule has 0 aliphatic carbocycles. The zero-order chi connectivity index (χ0) is 11.0. The predicted molar refractivity (Wildman–Crippen MR) is 57.8 cm³/mol. The van der Waals surface area contributed by atoms with Gasteiger partial charge in [-0.1, -0.05) is 38.8 Å². The van der Waals surface area contributed by atoms with Crippen molar-refractivity contribution in [2.24, 2.45) is 0 Å². The van der Waals surface area contributed by atoms with Gasteiger partial charge in [-0.2, -0.15) is 0 Å². The summed E-state index contributed by atoms with van der Waals surface area (Å²) in [5, 5.41) is 0. The second-order valence-electron chi connectivity index (χ2n) is 3.96. The largest absolute Gasteiger partial charge is 0.248 e. The number of hydrogen-bond donors (Lipinski definition) is 0. The molecule has 0 aliphatic rings. The summed E-state index contributed by atoms with van der Waals surface area (Å²) < 4.78 is 26.1. The lowest BCUT2D eigenvalue weighted by Gasteiger charge is -2.15. The van der Waals surface area contributed by atoms with E-state index < -0.39 is 5.92 Å². The van der Waals surface area contributed by atoms with Crippen LogP contribution >= 0.6 is 0 Å². The molecule has 0 aromatic rings. The van der Waals surface area contributed by atoms with E-state index in [4.69, 9.17) is 0 Å². The Bertz CT molecular complexity index is 162. The minimum absolute atomic E-state index is 0.00799. The van der Waals surface area contributed by atoms with Crippen LogP contribution in [0.3, 0.4) is 0 Å². The van der Waals surface area contributed by atoms with Crippen molar-refractivity contribution >= 4 is 0 Å². The van der Waals surface area contributed by atoms with E-state index in [1.54, 1.807) is 6.92 Å². The van der Waals surface area contributed by atoms with Crippen molar-refractivity contribution in [2.75, 3.05) is 0 Å². The molecule has 2 heteroatoms. The lowest BCUT2D eigenvalue weighted by molar-refractivity contribution is -0.0165. The fourth-order valence-corrected chi connectivity index (χ4v) is 1.40. The molecule has 0 spiro atoms. The van der Waals surface area contributed by atoms with Crippen LogP contribution in [0, 0.1) is 0 Å². The molecule has 0 saturated heterocycles. The van der Waals surface area contributed by atoms with Gasteiger partial charge in [0.1, 0.15) is 0 Å². The molecule has 84 valence electrons. The van der Waals surface area contributed by atoms with Gasteiger partial charge >= 0.3 is 0 Å². The van der Waals surface area contributed by atoms with Crippen molar-refractivity contribution in [3.05, 3.63) is 12.2 Å². The van der Waals surface area contributed by atoms with Crippen LogP contribution in [0.25, 0.3) is 0 Å². The van der Waals surface area contributed by atoms with Crippen molar-refractivity contribution in [2.45, 2.75) is 64.7 Å². The third-order valence-electron chi connectivity index (χ3n) is 2.34. The highest BCUT2D eigenvalue weighted by atomic mass is 19.3. The van der Waals surface area contributed by atoms with E-state index in [9.17, 15) is 8.78 Å². The molecule has 0 fully saturated rings. The molecule has 0 amide bonds. The number of rotatable bonds is 8. The Morgan fingerprint density at radius 2 is 1.71 bits per heavy atom. The molecule has 0 atom stereocenters. The van der Waals surface area contributed by atoms with Crippen molar-refractivity contribution in [3.8, 4) is 0 Å². The van der Waals surface area contributed by atoms with E-state index in [1.807, 2.05) is 0 Å². The van der Waals surface area contributed by atoms with Gasteiger partial charge in [0.2, 0.25) is 5.92 Å². The molecule has 0 N–H and O–H groups in total. The molecule has 0 aromatic carbocycles. The number of unbranched alkanes of at least 4 members (excludes halogenated alkanes) is 1. The van der Waals surface area contributed by atoms with Crippen LogP contribution in [0.2, 0.25) is 0 Å². The summed E-state index contributed by atoms with van der Waals surface area (Å²) in [5.74, 6) is -2.48. The topological polar surface area (TPSA) is 0 Å². The van der Waals surface area contributed by atoms with Gasteiger partial charge in [-0.15, -0.1) is 0 Å². The third kappa shape index (κ3) is 7.05. The smallest absolute Gasteiger partial charge is 0.207 e. The predicted octanol–water partition coefficient (Wildman–Crippen LogP) is 4.95. The number of allylic oxidation sites excluding steroid dienone is 1. The normalized spacial score (nSPS) is 11.7. The lowest BCUT2D eigenvalue weighted by atomic mass is 10.0. The van der Waals surface area contributed by atoms with Crippen LogP contribution in [0.1, 0.15) is 58.8 Å². The van der Waals surface area contributed by atoms with Gasteiger partial charge < -0.3 is 0 Å². The van der Waals surface area contributed by atoms with Crippen LogP contribution in [-0.4, -0.2) is 5.92 Å². The summed E-state index contributed by atoms with van der Waals surface area (Å²) in [6.45, 7) is 7.71. The fraction of sp³-hybridized carbons (Fsp3) is 0.833. The molecular weight excluding hydrogens is 182 g/mol. The Hall–Kier alpha value is -0.400. The first-order valence-electron chi connectivity index (χ1n) is 5.56. The summed E-state index contributed by atoms with van der Waals surface area (Å²) in [7, 11) is 0. The summed E-state index contributed by atoms with van der Waals surface area (Å²) in [6.07, 6.45) is 4.08. The fourth-order valence-electron chi connectivity index (χ4n) is 1.40. The first kappa shape index (κ1) is 13.6. The monoisotopic (exact) mass is 204 g/mol. The second kappa shape index (κ2) is 6.97. The van der Waals surface area contributed by atoms with Gasteiger partial charge in [0, 0.05) is 12.8 Å². The number of hydrogen-bond acceptors (Lipinski definition) is 0. The first-order valence-corrected chi connectivity index (χ1v) is 5.56. The average Bonchev–Trinajstić information content (AvgIpc) is 2.11. The van der Waals surface area contributed by atoms with Crippen LogP contribution in [0.5, 0.6) is 0 Å². The van der Waals surface area contributed by atoms with Crippen molar-refractivity contribution in [1.29, 1.82) is 0 Å². The van der Waals surface area contributed by atoms with E-state index in [-0.39, 0.29) is 12.8 Å². The number of halogens is 2. The van der Waals surface area contributed by atoms with Gasteiger partial charge in [0.15, 0.2) is 0 Å². The third-order valence-corrected chi connectivity index (χ3v) is 2.34. The van der Waals surface area contributed by atoms with Gasteiger partial charge in [-0.25, -0.2) is 8.78 Å². The maximum absolute atomic E-state index is 13.1. The lowest BCUT2D eigenvalue weighted by Crippen LogP contribution is -2.15. The molecule has 0 heterocycles. The Kier molecular flexibility index (Phi) is 6.77. The molecule has 0 radical (unpaired) electrons. The molecule has 14 heavy (non-hydrogen) atoms. The van der Waals surface area contributed by atoms with Crippen LogP contribution in [-0.2, 0) is 0 Å². The highest BCUT2D eigenvalue weighted by Crippen LogP contribution is 2.28. The van der Waals surface area contributed by atoms with Gasteiger partial charge in [-0.05, 0) is 19.3 Å². The second-order valence-corrected chi connectivity index (χ2v) is 3.96. The Balaban J connectivity index is 3.64. The minimum Gasteiger partial charge on any atom is -0.207 e. The SMILES string of the molecule is C=C(CCCC)CCC(F)(F)CCC. The summed E-state index contributed by atoms with van der Waals surface area (Å²) in [5.41, 5.74) is 0.975. The van der Waals surface area contributed by atoms with Gasteiger partial charge in [0.05, 0.1) is 0 Å². The molecule has 0 bridgehead atoms. The minimum atomic E-state index is -2.48. The van der Waals surface area contributed by atoms with Crippen molar-refractivity contribution in [3.63, 3.8) is 0 Å². The van der Waals surface area contributed by atoms with E-state index in [0.717, 1.165) is 24.8 Å². The maximum Gasteiger partial charge on any atom is 0.248 e. The van der Waals surface area contributed by atoms with Crippen molar-refractivity contribution < 1.29 is 8.78 Å². The van der Waals surface area contributed by atoms with E-state index in [1.165, 1.54) is 0 Å². The summed E-state index contributed by atoms with van der Waals surface area (Å²) in [6, 6.07) is 0. The summed E-state index contributed by atoms with van der Waals surface area (Å²) in [4.78, 5) is 0. The molecule has 0 saturated carbocycles. The zero-order valence-corrected chi connectivity index (χ0v) is 9.41. The Labute approximate surface area is 86.4 Å². The summed E-state index contributed by atoms with van der Waals surface area (Å²) >= 11 is 0.